The Hall–Kier alpha value is -2.04. The lowest BCUT2D eigenvalue weighted by molar-refractivity contribution is -0.0498. The second-order valence-corrected chi connectivity index (χ2v) is 8.48. The first kappa shape index (κ1) is 21.3. The summed E-state index contributed by atoms with van der Waals surface area (Å²) in [5, 5.41) is -0.420. The maximum Gasteiger partial charge on any atom is 0.387 e. The van der Waals surface area contributed by atoms with Gasteiger partial charge in [0.1, 0.15) is 5.75 Å². The van der Waals surface area contributed by atoms with Gasteiger partial charge >= 0.3 is 6.61 Å². The Balaban J connectivity index is 2.14. The number of amides is 1. The summed E-state index contributed by atoms with van der Waals surface area (Å²) in [6, 6.07) is 9.35. The van der Waals surface area contributed by atoms with Crippen LogP contribution in [-0.2, 0) is 10.0 Å². The molecule has 0 spiro atoms. The quantitative estimate of drug-likeness (QED) is 0.674. The molecule has 2 aromatic carbocycles. The lowest BCUT2D eigenvalue weighted by Gasteiger charge is -2.12. The monoisotopic (exact) mass is 436 g/mol. The highest BCUT2D eigenvalue weighted by molar-refractivity contribution is 8.13. The van der Waals surface area contributed by atoms with Gasteiger partial charge in [-0.2, -0.15) is 8.78 Å². The molecule has 0 aliphatic carbocycles. The van der Waals surface area contributed by atoms with Crippen molar-refractivity contribution < 1.29 is 26.7 Å². The van der Waals surface area contributed by atoms with Crippen molar-refractivity contribution in [2.24, 2.45) is 0 Å². The van der Waals surface area contributed by atoms with Gasteiger partial charge in [0.15, 0.2) is 0 Å². The van der Waals surface area contributed by atoms with Gasteiger partial charge in [-0.3, -0.25) is 9.52 Å². The van der Waals surface area contributed by atoms with Crippen molar-refractivity contribution in [1.82, 2.24) is 4.90 Å². The highest BCUT2D eigenvalue weighted by atomic mass is 35.5. The van der Waals surface area contributed by atoms with E-state index in [0.717, 1.165) is 30.0 Å². The van der Waals surface area contributed by atoms with Crippen molar-refractivity contribution in [1.29, 1.82) is 0 Å². The largest absolute Gasteiger partial charge is 0.433 e. The molecular formula is C16H15ClF2N2O4S2. The number of ether oxygens (including phenoxy) is 1. The summed E-state index contributed by atoms with van der Waals surface area (Å²) in [7, 11) is -0.739. The van der Waals surface area contributed by atoms with Gasteiger partial charge in [-0.1, -0.05) is 11.6 Å². The molecule has 0 saturated carbocycles. The Labute approximate surface area is 164 Å². The van der Waals surface area contributed by atoms with Crippen molar-refractivity contribution in [3.05, 3.63) is 47.5 Å². The van der Waals surface area contributed by atoms with Gasteiger partial charge in [-0.05, 0) is 54.2 Å². The van der Waals surface area contributed by atoms with E-state index >= 15 is 0 Å². The number of carbonyl (C=O) groups is 1. The Kier molecular flexibility index (Phi) is 6.90. The molecule has 0 radical (unpaired) electrons. The average molecular weight is 437 g/mol. The molecule has 1 N–H and O–H groups in total. The molecule has 27 heavy (non-hydrogen) atoms. The lowest BCUT2D eigenvalue weighted by atomic mass is 10.3. The fourth-order valence-electron chi connectivity index (χ4n) is 1.84. The molecule has 1 amide bonds. The van der Waals surface area contributed by atoms with Gasteiger partial charge in [-0.25, -0.2) is 8.42 Å². The second-order valence-electron chi connectivity index (χ2n) is 5.36. The zero-order valence-electron chi connectivity index (χ0n) is 14.1. The van der Waals surface area contributed by atoms with Crippen molar-refractivity contribution >= 4 is 44.3 Å². The molecular weight excluding hydrogens is 422 g/mol. The number of hydrogen-bond acceptors (Lipinski definition) is 5. The summed E-state index contributed by atoms with van der Waals surface area (Å²) in [5.41, 5.74) is 0.265. The van der Waals surface area contributed by atoms with Crippen molar-refractivity contribution in [2.45, 2.75) is 16.4 Å². The van der Waals surface area contributed by atoms with E-state index in [-0.39, 0.29) is 26.6 Å². The Morgan fingerprint density at radius 1 is 1.19 bits per heavy atom. The summed E-state index contributed by atoms with van der Waals surface area (Å²) in [5.74, 6) is -0.322. The van der Waals surface area contributed by atoms with E-state index in [9.17, 15) is 22.0 Å². The molecule has 0 unspecified atom stereocenters. The number of anilines is 1. The molecule has 0 bridgehead atoms. The third kappa shape index (κ3) is 5.98. The minimum Gasteiger partial charge on any atom is -0.433 e. The van der Waals surface area contributed by atoms with Crippen molar-refractivity contribution in [2.75, 3.05) is 18.8 Å². The minimum atomic E-state index is -3.99. The topological polar surface area (TPSA) is 75.7 Å². The maximum atomic E-state index is 12.4. The van der Waals surface area contributed by atoms with Gasteiger partial charge in [-0.15, -0.1) is 0 Å². The first-order valence-corrected chi connectivity index (χ1v) is 10.0. The lowest BCUT2D eigenvalue weighted by Crippen LogP contribution is -2.16. The van der Waals surface area contributed by atoms with Gasteiger partial charge in [0.25, 0.3) is 15.3 Å². The molecule has 0 atom stereocenters. The van der Waals surface area contributed by atoms with E-state index in [2.05, 4.69) is 9.46 Å². The van der Waals surface area contributed by atoms with Crippen molar-refractivity contribution in [3.63, 3.8) is 0 Å². The fraction of sp³-hybridized carbons (Fsp3) is 0.188. The summed E-state index contributed by atoms with van der Waals surface area (Å²) >= 11 is 6.79. The van der Waals surface area contributed by atoms with Crippen LogP contribution in [0.2, 0.25) is 5.02 Å². The molecule has 0 aliphatic rings. The molecule has 6 nitrogen and oxygen atoms in total. The molecule has 11 heteroatoms. The zero-order chi connectivity index (χ0) is 20.2. The number of carbonyl (C=O) groups excluding carboxylic acids is 1. The molecule has 146 valence electrons. The van der Waals surface area contributed by atoms with Crippen LogP contribution >= 0.6 is 23.4 Å². The Morgan fingerprint density at radius 3 is 2.33 bits per heavy atom. The van der Waals surface area contributed by atoms with E-state index in [4.69, 9.17) is 11.6 Å². The first-order chi connectivity index (χ1) is 12.6. The molecule has 0 fully saturated rings. The van der Waals surface area contributed by atoms with Crippen LogP contribution in [0, 0.1) is 0 Å². The molecule has 0 heterocycles. The third-order valence-electron chi connectivity index (χ3n) is 3.11. The van der Waals surface area contributed by atoms with Gasteiger partial charge in [0, 0.05) is 24.7 Å². The number of halogens is 3. The molecule has 0 aromatic heterocycles. The van der Waals surface area contributed by atoms with E-state index in [0.29, 0.717) is 4.90 Å². The predicted molar refractivity (Wildman–Crippen MR) is 100 cm³/mol. The van der Waals surface area contributed by atoms with Crippen LogP contribution < -0.4 is 9.46 Å². The third-order valence-corrected chi connectivity index (χ3v) is 5.83. The smallest absolute Gasteiger partial charge is 0.387 e. The van der Waals surface area contributed by atoms with Crippen LogP contribution in [0.1, 0.15) is 0 Å². The van der Waals surface area contributed by atoms with E-state index in [1.54, 1.807) is 26.2 Å². The summed E-state index contributed by atoms with van der Waals surface area (Å²) in [4.78, 5) is 13.5. The standard InChI is InChI=1S/C16H15ClF2N2O4S2/c1-21(2)16(22)26-11-5-3-10(4-6-11)20-27(23,24)12-7-8-14(13(17)9-12)25-15(18)19/h3-9,15,20H,1-2H3. The normalized spacial score (nSPS) is 11.3. The van der Waals surface area contributed by atoms with Gasteiger partial charge in [0.2, 0.25) is 0 Å². The maximum absolute atomic E-state index is 12.4. The van der Waals surface area contributed by atoms with Gasteiger partial charge in [0.05, 0.1) is 9.92 Å². The summed E-state index contributed by atoms with van der Waals surface area (Å²) in [6.45, 7) is -3.07. The Morgan fingerprint density at radius 2 is 1.81 bits per heavy atom. The van der Waals surface area contributed by atoms with Crippen molar-refractivity contribution in [3.8, 4) is 5.75 Å². The van der Waals surface area contributed by atoms with Crippen LogP contribution in [0.25, 0.3) is 0 Å². The fourth-order valence-corrected chi connectivity index (χ4v) is 3.87. The number of alkyl halides is 2. The minimum absolute atomic E-state index is 0.163. The van der Waals surface area contributed by atoms with E-state index in [1.807, 2.05) is 0 Å². The molecule has 2 rings (SSSR count). The van der Waals surface area contributed by atoms with Gasteiger partial charge < -0.3 is 9.64 Å². The number of nitrogens with one attached hydrogen (secondary N) is 1. The number of sulfonamides is 1. The van der Waals surface area contributed by atoms with Crippen LogP contribution in [0.5, 0.6) is 5.75 Å². The van der Waals surface area contributed by atoms with Crippen LogP contribution in [0.15, 0.2) is 52.3 Å². The van der Waals surface area contributed by atoms with E-state index < -0.39 is 16.6 Å². The van der Waals surface area contributed by atoms with Crippen LogP contribution in [0.3, 0.4) is 0 Å². The molecule has 0 saturated heterocycles. The number of rotatable bonds is 6. The number of thioether (sulfide) groups is 1. The zero-order valence-corrected chi connectivity index (χ0v) is 16.5. The summed E-state index contributed by atoms with van der Waals surface area (Å²) < 4.78 is 55.8. The highest BCUT2D eigenvalue weighted by Gasteiger charge is 2.18. The molecule has 2 aromatic rings. The predicted octanol–water partition coefficient (Wildman–Crippen LogP) is 4.52. The number of nitrogens with zero attached hydrogens (tertiary/aromatic N) is 1. The highest BCUT2D eigenvalue weighted by Crippen LogP contribution is 2.30. The Bertz CT molecular complexity index is 923. The van der Waals surface area contributed by atoms with Crippen LogP contribution in [-0.4, -0.2) is 39.3 Å². The van der Waals surface area contributed by atoms with Crippen LogP contribution in [0.4, 0.5) is 19.3 Å². The summed E-state index contributed by atoms with van der Waals surface area (Å²) in [6.07, 6.45) is 0. The van der Waals surface area contributed by atoms with E-state index in [1.165, 1.54) is 17.0 Å². The number of hydrogen-bond donors (Lipinski definition) is 1. The molecule has 0 aliphatic heterocycles. The second kappa shape index (κ2) is 8.77. The average Bonchev–Trinajstić information content (AvgIpc) is 2.57. The number of benzene rings is 2. The first-order valence-electron chi connectivity index (χ1n) is 7.35. The SMILES string of the molecule is CN(C)C(=O)Sc1ccc(NS(=O)(=O)c2ccc(OC(F)F)c(Cl)c2)cc1.